The molecule has 5 aromatic rings. The second-order valence-electron chi connectivity index (χ2n) is 6.49. The van der Waals surface area contributed by atoms with Crippen LogP contribution in [0.5, 0.6) is 5.75 Å². The smallest absolute Gasteiger partial charge is 0.379 e. The molecule has 3 heterocycles. The van der Waals surface area contributed by atoms with Crippen LogP contribution in [-0.2, 0) is 7.05 Å². The zero-order valence-electron chi connectivity index (χ0n) is 15.3. The third-order valence-electron chi connectivity index (χ3n) is 4.71. The molecule has 5 rings (SSSR count). The summed E-state index contributed by atoms with van der Waals surface area (Å²) in [5, 5.41) is 0.368. The lowest BCUT2D eigenvalue weighted by atomic mass is 10.1. The van der Waals surface area contributed by atoms with Crippen molar-refractivity contribution in [2.75, 3.05) is 0 Å². The fraction of sp³-hybridized carbons (Fsp3) is 0.0455. The van der Waals surface area contributed by atoms with E-state index in [0.717, 1.165) is 11.0 Å². The summed E-state index contributed by atoms with van der Waals surface area (Å²) in [6.07, 6.45) is 2.77. The largest absolute Gasteiger partial charge is 0.463 e. The molecule has 0 saturated heterocycles. The molecule has 0 aliphatic carbocycles. The van der Waals surface area contributed by atoms with Gasteiger partial charge in [0.15, 0.2) is 0 Å². The Hall–Kier alpha value is -4.13. The van der Waals surface area contributed by atoms with E-state index >= 15 is 0 Å². The zero-order valence-corrected chi connectivity index (χ0v) is 15.3. The fourth-order valence-electron chi connectivity index (χ4n) is 3.26. The van der Waals surface area contributed by atoms with Gasteiger partial charge in [-0.2, -0.15) is 0 Å². The molecule has 0 unspecified atom stereocenters. The number of fused-ring (bicyclic) bond motifs is 2. The van der Waals surface area contributed by atoms with Gasteiger partial charge in [0.25, 0.3) is 0 Å². The first kappa shape index (κ1) is 17.0. The lowest BCUT2D eigenvalue weighted by molar-refractivity contribution is 0.0701. The summed E-state index contributed by atoms with van der Waals surface area (Å²) in [5.74, 6) is 0.226. The molecule has 0 atom stereocenters. The number of hydrogen-bond acceptors (Lipinski definition) is 6. The maximum atomic E-state index is 13.0. The highest BCUT2D eigenvalue weighted by molar-refractivity contribution is 5.89. The summed E-state index contributed by atoms with van der Waals surface area (Å²) in [7, 11) is 1.85. The van der Waals surface area contributed by atoms with Gasteiger partial charge < -0.3 is 18.1 Å². The minimum Gasteiger partial charge on any atom is -0.463 e. The van der Waals surface area contributed by atoms with Gasteiger partial charge in [0.05, 0.1) is 22.7 Å². The Labute approximate surface area is 163 Å². The van der Waals surface area contributed by atoms with E-state index in [1.54, 1.807) is 18.2 Å². The number of aromatic nitrogens is 2. The van der Waals surface area contributed by atoms with Gasteiger partial charge in [0.2, 0.25) is 11.2 Å². The molecule has 0 N–H and O–H groups in total. The molecule has 0 saturated carbocycles. The quantitative estimate of drug-likeness (QED) is 0.342. The Kier molecular flexibility index (Phi) is 3.80. The maximum absolute atomic E-state index is 13.0. The van der Waals surface area contributed by atoms with Crippen LogP contribution >= 0.6 is 0 Å². The van der Waals surface area contributed by atoms with Crippen LogP contribution in [0.2, 0.25) is 0 Å². The Morgan fingerprint density at radius 2 is 1.93 bits per heavy atom. The molecule has 2 aromatic carbocycles. The molecular formula is C22H14N2O5. The number of ether oxygens (including phenoxy) is 1. The summed E-state index contributed by atoms with van der Waals surface area (Å²) in [6, 6.07) is 15.4. The van der Waals surface area contributed by atoms with Crippen molar-refractivity contribution in [3.63, 3.8) is 0 Å². The van der Waals surface area contributed by atoms with E-state index in [-0.39, 0.29) is 16.9 Å². The number of rotatable bonds is 3. The molecule has 7 heteroatoms. The molecule has 7 nitrogen and oxygen atoms in total. The highest BCUT2D eigenvalue weighted by atomic mass is 16.5. The number of para-hydroxylation sites is 2. The van der Waals surface area contributed by atoms with E-state index < -0.39 is 5.97 Å². The molecule has 0 bridgehead atoms. The van der Waals surface area contributed by atoms with Crippen LogP contribution in [0.15, 0.2) is 80.8 Å². The molecule has 0 fully saturated rings. The minimum absolute atomic E-state index is 0.0868. The molecular weight excluding hydrogens is 372 g/mol. The van der Waals surface area contributed by atoms with Crippen molar-refractivity contribution < 1.29 is 18.4 Å². The zero-order chi connectivity index (χ0) is 20.0. The van der Waals surface area contributed by atoms with Crippen LogP contribution in [0.4, 0.5) is 0 Å². The molecule has 0 radical (unpaired) electrons. The van der Waals surface area contributed by atoms with Crippen LogP contribution in [0.3, 0.4) is 0 Å². The van der Waals surface area contributed by atoms with E-state index in [0.29, 0.717) is 22.4 Å². The molecule has 0 spiro atoms. The number of esters is 1. The Morgan fingerprint density at radius 3 is 2.72 bits per heavy atom. The Balaban J connectivity index is 1.56. The SMILES string of the molecule is Cn1c(-c2coc3cc(OC(=O)c4ccco4)ccc3c2=O)nc2ccccc21. The Bertz CT molecular complexity index is 1430. The summed E-state index contributed by atoms with van der Waals surface area (Å²) in [4.78, 5) is 29.6. The van der Waals surface area contributed by atoms with Gasteiger partial charge in [-0.25, -0.2) is 9.78 Å². The maximum Gasteiger partial charge on any atom is 0.379 e. The number of carbonyl (C=O) groups excluding carboxylic acids is 1. The highest BCUT2D eigenvalue weighted by Gasteiger charge is 2.17. The number of carbonyl (C=O) groups is 1. The van der Waals surface area contributed by atoms with E-state index in [1.807, 2.05) is 35.9 Å². The van der Waals surface area contributed by atoms with Crippen LogP contribution < -0.4 is 10.2 Å². The van der Waals surface area contributed by atoms with Gasteiger partial charge in [0, 0.05) is 13.1 Å². The van der Waals surface area contributed by atoms with Crippen molar-refractivity contribution in [1.29, 1.82) is 0 Å². The van der Waals surface area contributed by atoms with Gasteiger partial charge in [-0.3, -0.25) is 4.79 Å². The number of hydrogen-bond donors (Lipinski definition) is 0. The predicted molar refractivity (Wildman–Crippen MR) is 106 cm³/mol. The van der Waals surface area contributed by atoms with E-state index in [4.69, 9.17) is 13.6 Å². The predicted octanol–water partition coefficient (Wildman–Crippen LogP) is 4.16. The second-order valence-corrected chi connectivity index (χ2v) is 6.49. The van der Waals surface area contributed by atoms with Crippen molar-refractivity contribution in [2.45, 2.75) is 0 Å². The first-order valence-corrected chi connectivity index (χ1v) is 8.85. The van der Waals surface area contributed by atoms with E-state index in [1.165, 1.54) is 24.7 Å². The van der Waals surface area contributed by atoms with Crippen molar-refractivity contribution in [1.82, 2.24) is 9.55 Å². The average molecular weight is 386 g/mol. The van der Waals surface area contributed by atoms with Crippen molar-refractivity contribution >= 4 is 28.0 Å². The lowest BCUT2D eigenvalue weighted by Gasteiger charge is -2.06. The van der Waals surface area contributed by atoms with Gasteiger partial charge >= 0.3 is 5.97 Å². The molecule has 0 aliphatic heterocycles. The third-order valence-corrected chi connectivity index (χ3v) is 4.71. The summed E-state index contributed by atoms with van der Waals surface area (Å²) in [6.45, 7) is 0. The summed E-state index contributed by atoms with van der Waals surface area (Å²) in [5.41, 5.74) is 2.17. The summed E-state index contributed by atoms with van der Waals surface area (Å²) >= 11 is 0. The molecule has 142 valence electrons. The number of imidazole rings is 1. The highest BCUT2D eigenvalue weighted by Crippen LogP contribution is 2.25. The van der Waals surface area contributed by atoms with Crippen LogP contribution in [0, 0.1) is 0 Å². The van der Waals surface area contributed by atoms with Gasteiger partial charge in [0.1, 0.15) is 29.0 Å². The molecule has 0 aliphatic rings. The van der Waals surface area contributed by atoms with E-state index in [9.17, 15) is 9.59 Å². The first-order chi connectivity index (χ1) is 14.1. The second kappa shape index (κ2) is 6.49. The third kappa shape index (κ3) is 2.80. The summed E-state index contributed by atoms with van der Waals surface area (Å²) < 4.78 is 17.8. The van der Waals surface area contributed by atoms with Crippen LogP contribution in [0.25, 0.3) is 33.4 Å². The van der Waals surface area contributed by atoms with Gasteiger partial charge in [-0.15, -0.1) is 0 Å². The molecule has 29 heavy (non-hydrogen) atoms. The molecule has 3 aromatic heterocycles. The monoisotopic (exact) mass is 386 g/mol. The van der Waals surface area contributed by atoms with Crippen LogP contribution in [-0.4, -0.2) is 15.5 Å². The van der Waals surface area contributed by atoms with Gasteiger partial charge in [-0.05, 0) is 36.4 Å². The van der Waals surface area contributed by atoms with Crippen molar-refractivity contribution in [3.05, 3.63) is 83.1 Å². The van der Waals surface area contributed by atoms with Gasteiger partial charge in [-0.1, -0.05) is 12.1 Å². The van der Waals surface area contributed by atoms with Crippen LogP contribution in [0.1, 0.15) is 10.6 Å². The van der Waals surface area contributed by atoms with Crippen molar-refractivity contribution in [3.8, 4) is 17.1 Å². The topological polar surface area (TPSA) is 87.5 Å². The lowest BCUT2D eigenvalue weighted by Crippen LogP contribution is -2.09. The minimum atomic E-state index is -0.631. The number of benzene rings is 2. The van der Waals surface area contributed by atoms with E-state index in [2.05, 4.69) is 4.98 Å². The standard InChI is InChI=1S/C22H14N2O5/c1-24-17-6-3-2-5-16(17)23-21(24)15-12-28-19-11-13(8-9-14(19)20(15)25)29-22(26)18-7-4-10-27-18/h2-12H,1H3. The first-order valence-electron chi connectivity index (χ1n) is 8.85. The fourth-order valence-corrected chi connectivity index (χ4v) is 3.26. The number of aryl methyl sites for hydroxylation is 1. The van der Waals surface area contributed by atoms with Crippen molar-refractivity contribution in [2.24, 2.45) is 7.05 Å². The average Bonchev–Trinajstić information content (AvgIpc) is 3.38. The molecule has 0 amide bonds. The normalized spacial score (nSPS) is 11.2. The Morgan fingerprint density at radius 1 is 1.07 bits per heavy atom. The number of furan rings is 1. The number of nitrogens with zero attached hydrogens (tertiary/aromatic N) is 2.